The highest BCUT2D eigenvalue weighted by atomic mass is 15.3. The molecule has 0 fully saturated rings. The Bertz CT molecular complexity index is 702. The lowest BCUT2D eigenvalue weighted by atomic mass is 10.1. The average molecular weight is 266 g/mol. The van der Waals surface area contributed by atoms with Gasteiger partial charge in [0.05, 0.1) is 12.7 Å². The van der Waals surface area contributed by atoms with E-state index in [0.29, 0.717) is 0 Å². The molecule has 3 aromatic rings. The minimum absolute atomic E-state index is 0.874. The molecule has 0 amide bonds. The Morgan fingerprint density at radius 2 is 2.10 bits per heavy atom. The number of pyridine rings is 1. The van der Waals surface area contributed by atoms with E-state index in [2.05, 4.69) is 46.7 Å². The lowest BCUT2D eigenvalue weighted by Gasteiger charge is -2.06. The van der Waals surface area contributed by atoms with E-state index < -0.39 is 0 Å². The molecule has 4 heteroatoms. The summed E-state index contributed by atoms with van der Waals surface area (Å²) >= 11 is 0. The number of nitrogens with one attached hydrogen (secondary N) is 1. The Morgan fingerprint density at radius 1 is 1.15 bits per heavy atom. The molecule has 2 heterocycles. The Kier molecular flexibility index (Phi) is 3.74. The Hall–Kier alpha value is -2.20. The third kappa shape index (κ3) is 3.03. The first-order chi connectivity index (χ1) is 9.81. The zero-order chi connectivity index (χ0) is 13.8. The summed E-state index contributed by atoms with van der Waals surface area (Å²) in [5, 5.41) is 10.1. The van der Waals surface area contributed by atoms with Crippen LogP contribution in [-0.2, 0) is 13.1 Å². The van der Waals surface area contributed by atoms with Gasteiger partial charge < -0.3 is 5.32 Å². The van der Waals surface area contributed by atoms with Gasteiger partial charge in [-0.15, -0.1) is 0 Å². The predicted molar refractivity (Wildman–Crippen MR) is 80.4 cm³/mol. The molecule has 0 bridgehead atoms. The van der Waals surface area contributed by atoms with E-state index >= 15 is 0 Å². The van der Waals surface area contributed by atoms with Crippen LogP contribution in [0.4, 0.5) is 0 Å². The van der Waals surface area contributed by atoms with Crippen molar-refractivity contribution < 1.29 is 0 Å². The second-order valence-electron chi connectivity index (χ2n) is 5.01. The van der Waals surface area contributed by atoms with Crippen LogP contribution in [0.25, 0.3) is 10.8 Å². The quantitative estimate of drug-likeness (QED) is 0.722. The summed E-state index contributed by atoms with van der Waals surface area (Å²) in [6.45, 7) is 4.74. The van der Waals surface area contributed by atoms with Crippen molar-refractivity contribution in [2.45, 2.75) is 20.0 Å². The summed E-state index contributed by atoms with van der Waals surface area (Å²) in [4.78, 5) is 4.13. The molecule has 20 heavy (non-hydrogen) atoms. The SMILES string of the molecule is Cc1cnn(CCNCc2ccc3cnccc3c2)c1. The van der Waals surface area contributed by atoms with Crippen LogP contribution >= 0.6 is 0 Å². The zero-order valence-electron chi connectivity index (χ0n) is 11.6. The maximum Gasteiger partial charge on any atom is 0.0534 e. The van der Waals surface area contributed by atoms with Gasteiger partial charge in [0, 0.05) is 37.1 Å². The van der Waals surface area contributed by atoms with E-state index in [9.17, 15) is 0 Å². The summed E-state index contributed by atoms with van der Waals surface area (Å²) in [6, 6.07) is 8.53. The van der Waals surface area contributed by atoms with Gasteiger partial charge in [0.1, 0.15) is 0 Å². The van der Waals surface area contributed by atoms with Crippen molar-refractivity contribution in [3.63, 3.8) is 0 Å². The van der Waals surface area contributed by atoms with Crippen LogP contribution in [0.1, 0.15) is 11.1 Å². The van der Waals surface area contributed by atoms with Crippen LogP contribution < -0.4 is 5.32 Å². The first-order valence-corrected chi connectivity index (χ1v) is 6.84. The minimum atomic E-state index is 0.874. The van der Waals surface area contributed by atoms with Crippen molar-refractivity contribution >= 4 is 10.8 Å². The van der Waals surface area contributed by atoms with E-state index in [4.69, 9.17) is 0 Å². The fraction of sp³-hybridized carbons (Fsp3) is 0.250. The molecule has 0 aliphatic heterocycles. The molecule has 1 aromatic carbocycles. The van der Waals surface area contributed by atoms with Gasteiger partial charge in [0.2, 0.25) is 0 Å². The number of rotatable bonds is 5. The molecule has 1 N–H and O–H groups in total. The van der Waals surface area contributed by atoms with E-state index in [0.717, 1.165) is 19.6 Å². The van der Waals surface area contributed by atoms with Gasteiger partial charge in [-0.25, -0.2) is 0 Å². The lowest BCUT2D eigenvalue weighted by Crippen LogP contribution is -2.19. The molecular weight excluding hydrogens is 248 g/mol. The molecule has 0 saturated carbocycles. The molecule has 0 atom stereocenters. The van der Waals surface area contributed by atoms with Gasteiger partial charge >= 0.3 is 0 Å². The molecular formula is C16H18N4. The normalized spacial score (nSPS) is 11.1. The minimum Gasteiger partial charge on any atom is -0.311 e. The third-order valence-electron chi connectivity index (χ3n) is 3.31. The van der Waals surface area contributed by atoms with Crippen molar-refractivity contribution in [3.05, 3.63) is 60.2 Å². The van der Waals surface area contributed by atoms with Gasteiger partial charge in [0.15, 0.2) is 0 Å². The number of nitrogens with zero attached hydrogens (tertiary/aromatic N) is 3. The molecule has 0 saturated heterocycles. The van der Waals surface area contributed by atoms with Crippen molar-refractivity contribution in [2.24, 2.45) is 0 Å². The third-order valence-corrected chi connectivity index (χ3v) is 3.31. The molecule has 0 spiro atoms. The number of hydrogen-bond donors (Lipinski definition) is 1. The predicted octanol–water partition coefficient (Wildman–Crippen LogP) is 2.53. The zero-order valence-corrected chi connectivity index (χ0v) is 11.6. The van der Waals surface area contributed by atoms with Crippen molar-refractivity contribution in [2.75, 3.05) is 6.54 Å². The van der Waals surface area contributed by atoms with Crippen LogP contribution in [0.2, 0.25) is 0 Å². The van der Waals surface area contributed by atoms with E-state index in [1.54, 1.807) is 0 Å². The van der Waals surface area contributed by atoms with Crippen LogP contribution in [-0.4, -0.2) is 21.3 Å². The van der Waals surface area contributed by atoms with E-state index in [-0.39, 0.29) is 0 Å². The highest BCUT2D eigenvalue weighted by Crippen LogP contribution is 2.14. The highest BCUT2D eigenvalue weighted by molar-refractivity contribution is 5.81. The lowest BCUT2D eigenvalue weighted by molar-refractivity contribution is 0.555. The highest BCUT2D eigenvalue weighted by Gasteiger charge is 1.97. The van der Waals surface area contributed by atoms with Gasteiger partial charge in [-0.05, 0) is 35.6 Å². The number of aryl methyl sites for hydroxylation is 1. The van der Waals surface area contributed by atoms with Crippen LogP contribution in [0.3, 0.4) is 0 Å². The van der Waals surface area contributed by atoms with Crippen LogP contribution in [0.5, 0.6) is 0 Å². The van der Waals surface area contributed by atoms with E-state index in [1.807, 2.05) is 29.3 Å². The number of benzene rings is 1. The summed E-state index contributed by atoms with van der Waals surface area (Å²) in [5.74, 6) is 0. The average Bonchev–Trinajstić information content (AvgIpc) is 2.89. The fourth-order valence-corrected chi connectivity index (χ4v) is 2.26. The molecule has 0 aliphatic rings. The summed E-state index contributed by atoms with van der Waals surface area (Å²) in [7, 11) is 0. The van der Waals surface area contributed by atoms with E-state index in [1.165, 1.54) is 21.9 Å². The topological polar surface area (TPSA) is 42.7 Å². The molecule has 3 rings (SSSR count). The Labute approximate surface area is 118 Å². The van der Waals surface area contributed by atoms with Crippen molar-refractivity contribution in [3.8, 4) is 0 Å². The van der Waals surface area contributed by atoms with Gasteiger partial charge in [0.25, 0.3) is 0 Å². The van der Waals surface area contributed by atoms with Gasteiger partial charge in [-0.2, -0.15) is 5.10 Å². The Morgan fingerprint density at radius 3 is 2.95 bits per heavy atom. The smallest absolute Gasteiger partial charge is 0.0534 e. The number of aromatic nitrogens is 3. The van der Waals surface area contributed by atoms with Crippen LogP contribution in [0, 0.1) is 6.92 Å². The monoisotopic (exact) mass is 266 g/mol. The number of hydrogen-bond acceptors (Lipinski definition) is 3. The Balaban J connectivity index is 1.54. The molecule has 0 unspecified atom stereocenters. The largest absolute Gasteiger partial charge is 0.311 e. The first kappa shape index (κ1) is 12.8. The summed E-state index contributed by atoms with van der Waals surface area (Å²) in [5.41, 5.74) is 2.49. The fourth-order valence-electron chi connectivity index (χ4n) is 2.26. The number of fused-ring (bicyclic) bond motifs is 1. The summed E-state index contributed by atoms with van der Waals surface area (Å²) < 4.78 is 1.97. The van der Waals surface area contributed by atoms with Gasteiger partial charge in [-0.3, -0.25) is 9.67 Å². The van der Waals surface area contributed by atoms with Crippen LogP contribution in [0.15, 0.2) is 49.1 Å². The first-order valence-electron chi connectivity index (χ1n) is 6.84. The molecule has 4 nitrogen and oxygen atoms in total. The van der Waals surface area contributed by atoms with Gasteiger partial charge in [-0.1, -0.05) is 12.1 Å². The second-order valence-corrected chi connectivity index (χ2v) is 5.01. The van der Waals surface area contributed by atoms with Crippen molar-refractivity contribution in [1.29, 1.82) is 0 Å². The molecule has 0 radical (unpaired) electrons. The molecule has 0 aliphatic carbocycles. The second kappa shape index (κ2) is 5.84. The van der Waals surface area contributed by atoms with Crippen molar-refractivity contribution in [1.82, 2.24) is 20.1 Å². The maximum atomic E-state index is 4.27. The summed E-state index contributed by atoms with van der Waals surface area (Å²) in [6.07, 6.45) is 7.67. The maximum absolute atomic E-state index is 4.27. The molecule has 102 valence electrons. The standard InChI is InChI=1S/C16H18N4/c1-13-9-19-20(12-13)7-6-18-10-14-2-3-16-11-17-5-4-15(16)8-14/h2-5,8-9,11-12,18H,6-7,10H2,1H3. The molecule has 2 aromatic heterocycles.